The van der Waals surface area contributed by atoms with Gasteiger partial charge in [-0.05, 0) is 61.4 Å². The third-order valence-electron chi connectivity index (χ3n) is 5.82. The molecule has 0 aromatic heterocycles. The molecule has 0 unspecified atom stereocenters. The highest BCUT2D eigenvalue weighted by atomic mass is 16.5. The van der Waals surface area contributed by atoms with E-state index in [1.807, 2.05) is 18.2 Å². The number of aliphatic hydroxyl groups excluding tert-OH is 1. The molecule has 1 fully saturated rings. The van der Waals surface area contributed by atoms with E-state index in [0.717, 1.165) is 57.2 Å². The number of methoxy groups -OCH3 is 1. The van der Waals surface area contributed by atoms with Crippen LogP contribution in [0.3, 0.4) is 0 Å². The molecule has 0 spiro atoms. The van der Waals surface area contributed by atoms with Gasteiger partial charge in [-0.3, -0.25) is 0 Å². The molecule has 0 radical (unpaired) electrons. The fourth-order valence-corrected chi connectivity index (χ4v) is 3.92. The zero-order valence-corrected chi connectivity index (χ0v) is 18.8. The van der Waals surface area contributed by atoms with E-state index in [1.54, 1.807) is 7.11 Å². The fourth-order valence-electron chi connectivity index (χ4n) is 3.92. The van der Waals surface area contributed by atoms with Crippen molar-refractivity contribution in [3.8, 4) is 5.75 Å². The number of ether oxygens (including phenoxy) is 1. The number of benzene rings is 2. The molecule has 0 bridgehead atoms. The maximum atomic E-state index is 9.32. The van der Waals surface area contributed by atoms with Crippen LogP contribution >= 0.6 is 0 Å². The van der Waals surface area contributed by atoms with Crippen molar-refractivity contribution in [3.05, 3.63) is 59.7 Å². The number of nitrogens with zero attached hydrogens (tertiary/aromatic N) is 2. The predicted molar refractivity (Wildman–Crippen MR) is 128 cm³/mol. The summed E-state index contributed by atoms with van der Waals surface area (Å²) in [5, 5.41) is 16.1. The van der Waals surface area contributed by atoms with Crippen LogP contribution in [0.4, 0.5) is 5.69 Å². The number of hydrogen-bond acceptors (Lipinski definition) is 4. The first kappa shape index (κ1) is 22.9. The zero-order chi connectivity index (χ0) is 21.9. The molecule has 1 saturated heterocycles. The highest BCUT2D eigenvalue weighted by molar-refractivity contribution is 5.79. The Morgan fingerprint density at radius 2 is 1.84 bits per heavy atom. The van der Waals surface area contributed by atoms with Gasteiger partial charge >= 0.3 is 0 Å². The maximum absolute atomic E-state index is 9.32. The van der Waals surface area contributed by atoms with Crippen molar-refractivity contribution in [2.75, 3.05) is 44.8 Å². The van der Waals surface area contributed by atoms with Gasteiger partial charge in [-0.25, -0.2) is 4.99 Å². The second kappa shape index (κ2) is 12.2. The lowest BCUT2D eigenvalue weighted by Crippen LogP contribution is -2.38. The van der Waals surface area contributed by atoms with E-state index in [4.69, 9.17) is 9.73 Å². The topological polar surface area (TPSA) is 69.1 Å². The molecular formula is C25H36N4O2. The SMILES string of the molecule is CCNC(=NCc1ccc(N2CCC(CO)CC2)cc1)NCCc1ccccc1OC. The molecule has 2 aromatic carbocycles. The lowest BCUT2D eigenvalue weighted by Gasteiger charge is -2.32. The molecule has 168 valence electrons. The van der Waals surface area contributed by atoms with E-state index in [1.165, 1.54) is 16.8 Å². The number of aliphatic imine (C=N–C) groups is 1. The first-order valence-corrected chi connectivity index (χ1v) is 11.3. The average Bonchev–Trinajstić information content (AvgIpc) is 2.83. The summed E-state index contributed by atoms with van der Waals surface area (Å²) in [6, 6.07) is 16.8. The lowest BCUT2D eigenvalue weighted by atomic mass is 9.97. The quantitative estimate of drug-likeness (QED) is 0.426. The van der Waals surface area contributed by atoms with Gasteiger partial charge in [-0.15, -0.1) is 0 Å². The molecule has 1 heterocycles. The fraction of sp³-hybridized carbons (Fsp3) is 0.480. The smallest absolute Gasteiger partial charge is 0.191 e. The molecule has 6 nitrogen and oxygen atoms in total. The Kier molecular flexibility index (Phi) is 9.03. The van der Waals surface area contributed by atoms with E-state index in [2.05, 4.69) is 52.8 Å². The Labute approximate surface area is 186 Å². The Bertz CT molecular complexity index is 815. The molecular weight excluding hydrogens is 388 g/mol. The van der Waals surface area contributed by atoms with Gasteiger partial charge in [0.05, 0.1) is 13.7 Å². The summed E-state index contributed by atoms with van der Waals surface area (Å²) >= 11 is 0. The van der Waals surface area contributed by atoms with Crippen LogP contribution in [0.5, 0.6) is 5.75 Å². The number of nitrogens with one attached hydrogen (secondary N) is 2. The van der Waals surface area contributed by atoms with Gasteiger partial charge in [0.1, 0.15) is 5.75 Å². The number of rotatable bonds is 9. The number of aliphatic hydroxyl groups is 1. The Morgan fingerprint density at radius 1 is 1.10 bits per heavy atom. The molecule has 6 heteroatoms. The van der Waals surface area contributed by atoms with Crippen molar-refractivity contribution in [1.29, 1.82) is 0 Å². The van der Waals surface area contributed by atoms with Crippen molar-refractivity contribution < 1.29 is 9.84 Å². The van der Waals surface area contributed by atoms with Crippen LogP contribution in [0.15, 0.2) is 53.5 Å². The van der Waals surface area contributed by atoms with Gasteiger partial charge in [0.25, 0.3) is 0 Å². The minimum absolute atomic E-state index is 0.311. The van der Waals surface area contributed by atoms with Gasteiger partial charge in [-0.1, -0.05) is 30.3 Å². The highest BCUT2D eigenvalue weighted by Gasteiger charge is 2.18. The minimum atomic E-state index is 0.311. The summed E-state index contributed by atoms with van der Waals surface area (Å²) in [5.74, 6) is 2.21. The van der Waals surface area contributed by atoms with Crippen molar-refractivity contribution in [1.82, 2.24) is 10.6 Å². The molecule has 3 N–H and O–H groups in total. The summed E-state index contributed by atoms with van der Waals surface area (Å²) in [6.45, 7) is 6.67. The molecule has 1 aliphatic heterocycles. The van der Waals surface area contributed by atoms with Gasteiger partial charge in [-0.2, -0.15) is 0 Å². The van der Waals surface area contributed by atoms with Crippen LogP contribution in [-0.4, -0.2) is 51.0 Å². The van der Waals surface area contributed by atoms with Crippen molar-refractivity contribution >= 4 is 11.6 Å². The standard InChI is InChI=1S/C25H36N4O2/c1-3-26-25(27-15-12-22-6-4-5-7-24(22)31-2)28-18-20-8-10-23(11-9-20)29-16-13-21(19-30)14-17-29/h4-11,21,30H,3,12-19H2,1-2H3,(H2,26,27,28). The monoisotopic (exact) mass is 424 g/mol. The number of anilines is 1. The van der Waals surface area contributed by atoms with Crippen molar-refractivity contribution in [2.45, 2.75) is 32.7 Å². The van der Waals surface area contributed by atoms with E-state index >= 15 is 0 Å². The molecule has 0 amide bonds. The number of para-hydroxylation sites is 1. The maximum Gasteiger partial charge on any atom is 0.191 e. The minimum Gasteiger partial charge on any atom is -0.496 e. The molecule has 0 aliphatic carbocycles. The lowest BCUT2D eigenvalue weighted by molar-refractivity contribution is 0.203. The Hall–Kier alpha value is -2.73. The molecule has 2 aromatic rings. The number of piperidine rings is 1. The van der Waals surface area contributed by atoms with Gasteiger partial charge in [0.2, 0.25) is 0 Å². The Balaban J connectivity index is 1.51. The van der Waals surface area contributed by atoms with Crippen LogP contribution in [0.2, 0.25) is 0 Å². The third-order valence-corrected chi connectivity index (χ3v) is 5.82. The zero-order valence-electron chi connectivity index (χ0n) is 18.8. The largest absolute Gasteiger partial charge is 0.496 e. The van der Waals surface area contributed by atoms with E-state index in [0.29, 0.717) is 19.1 Å². The normalized spacial score (nSPS) is 15.1. The molecule has 0 atom stereocenters. The van der Waals surface area contributed by atoms with E-state index in [-0.39, 0.29) is 0 Å². The van der Waals surface area contributed by atoms with E-state index in [9.17, 15) is 5.11 Å². The first-order valence-electron chi connectivity index (χ1n) is 11.3. The first-order chi connectivity index (χ1) is 15.2. The number of guanidine groups is 1. The summed E-state index contributed by atoms with van der Waals surface area (Å²) in [5.41, 5.74) is 3.63. The van der Waals surface area contributed by atoms with Crippen LogP contribution in [0.1, 0.15) is 30.9 Å². The van der Waals surface area contributed by atoms with Gasteiger partial charge in [0, 0.05) is 38.5 Å². The summed E-state index contributed by atoms with van der Waals surface area (Å²) in [4.78, 5) is 7.15. The van der Waals surface area contributed by atoms with Crippen molar-refractivity contribution in [2.24, 2.45) is 10.9 Å². The Morgan fingerprint density at radius 3 is 2.52 bits per heavy atom. The van der Waals surface area contributed by atoms with Crippen LogP contribution < -0.4 is 20.3 Å². The average molecular weight is 425 g/mol. The van der Waals surface area contributed by atoms with Crippen LogP contribution in [-0.2, 0) is 13.0 Å². The van der Waals surface area contributed by atoms with Crippen molar-refractivity contribution in [3.63, 3.8) is 0 Å². The van der Waals surface area contributed by atoms with Gasteiger partial charge in [0.15, 0.2) is 5.96 Å². The van der Waals surface area contributed by atoms with E-state index < -0.39 is 0 Å². The molecule has 3 rings (SSSR count). The second-order valence-electron chi connectivity index (χ2n) is 7.96. The molecule has 31 heavy (non-hydrogen) atoms. The summed E-state index contributed by atoms with van der Waals surface area (Å²) in [6.07, 6.45) is 3.00. The molecule has 1 aliphatic rings. The highest BCUT2D eigenvalue weighted by Crippen LogP contribution is 2.23. The molecule has 0 saturated carbocycles. The summed E-state index contributed by atoms with van der Waals surface area (Å²) < 4.78 is 5.43. The second-order valence-corrected chi connectivity index (χ2v) is 7.96. The predicted octanol–water partition coefficient (Wildman–Crippen LogP) is 3.20. The van der Waals surface area contributed by atoms with Crippen LogP contribution in [0, 0.1) is 5.92 Å². The summed E-state index contributed by atoms with van der Waals surface area (Å²) in [7, 11) is 1.71. The van der Waals surface area contributed by atoms with Crippen LogP contribution in [0.25, 0.3) is 0 Å². The number of hydrogen-bond donors (Lipinski definition) is 3. The van der Waals surface area contributed by atoms with Gasteiger partial charge < -0.3 is 25.4 Å². The third kappa shape index (κ3) is 6.89.